The number of aryl methyl sites for hydroxylation is 1. The fourth-order valence-electron chi connectivity index (χ4n) is 3.14. The molecule has 0 bridgehead atoms. The van der Waals surface area contributed by atoms with Gasteiger partial charge in [0.1, 0.15) is 6.04 Å². The van der Waals surface area contributed by atoms with E-state index in [9.17, 15) is 9.59 Å². The van der Waals surface area contributed by atoms with E-state index in [4.69, 9.17) is 11.6 Å². The maximum atomic E-state index is 13.3. The molecule has 2 aromatic rings. The molecule has 4 nitrogen and oxygen atoms in total. The second-order valence-corrected chi connectivity index (χ2v) is 8.91. The summed E-state index contributed by atoms with van der Waals surface area (Å²) in [5.74, 6) is -0.208. The average Bonchev–Trinajstić information content (AvgIpc) is 2.63. The lowest BCUT2D eigenvalue weighted by molar-refractivity contribution is -0.141. The summed E-state index contributed by atoms with van der Waals surface area (Å²) in [6.07, 6.45) is 0.766. The average molecular weight is 415 g/mol. The molecule has 1 N–H and O–H groups in total. The summed E-state index contributed by atoms with van der Waals surface area (Å²) in [4.78, 5) is 27.9. The number of carbonyl (C=O) groups is 2. The van der Waals surface area contributed by atoms with Crippen LogP contribution in [0.25, 0.3) is 0 Å². The van der Waals surface area contributed by atoms with Gasteiger partial charge in [-0.25, -0.2) is 0 Å². The number of benzene rings is 2. The van der Waals surface area contributed by atoms with Gasteiger partial charge in [0.25, 0.3) is 0 Å². The molecule has 0 unspecified atom stereocenters. The van der Waals surface area contributed by atoms with Crippen LogP contribution in [-0.4, -0.2) is 28.3 Å². The van der Waals surface area contributed by atoms with Crippen LogP contribution in [0, 0.1) is 6.92 Å². The SMILES string of the molecule is CC[C@H](C(=O)NC(C)(C)C)N(Cc1ccc(C)cc1)C(=O)Cc1ccc(Cl)cc1. The highest BCUT2D eigenvalue weighted by molar-refractivity contribution is 6.30. The fourth-order valence-corrected chi connectivity index (χ4v) is 3.27. The molecule has 156 valence electrons. The molecule has 0 spiro atoms. The van der Waals surface area contributed by atoms with Crippen molar-refractivity contribution in [1.29, 1.82) is 0 Å². The van der Waals surface area contributed by atoms with E-state index in [0.717, 1.165) is 16.7 Å². The maximum Gasteiger partial charge on any atom is 0.243 e. The Hall–Kier alpha value is -2.33. The molecule has 2 amide bonds. The lowest BCUT2D eigenvalue weighted by atomic mass is 10.0. The van der Waals surface area contributed by atoms with E-state index in [-0.39, 0.29) is 23.8 Å². The van der Waals surface area contributed by atoms with Gasteiger partial charge in [0.15, 0.2) is 0 Å². The van der Waals surface area contributed by atoms with E-state index in [1.54, 1.807) is 17.0 Å². The number of halogens is 1. The third-order valence-corrected chi connectivity index (χ3v) is 4.88. The van der Waals surface area contributed by atoms with E-state index in [1.807, 2.05) is 71.0 Å². The molecule has 2 rings (SSSR count). The highest BCUT2D eigenvalue weighted by Crippen LogP contribution is 2.17. The van der Waals surface area contributed by atoms with Crippen LogP contribution in [0.4, 0.5) is 0 Å². The standard InChI is InChI=1S/C24H31ClN2O2/c1-6-21(23(29)26-24(3,4)5)27(16-19-9-7-17(2)8-10-19)22(28)15-18-11-13-20(25)14-12-18/h7-14,21H,6,15-16H2,1-5H3,(H,26,29)/t21-/m1/s1. The molecule has 2 aromatic carbocycles. The van der Waals surface area contributed by atoms with Crippen molar-refractivity contribution in [3.05, 3.63) is 70.2 Å². The zero-order chi connectivity index (χ0) is 21.6. The van der Waals surface area contributed by atoms with Crippen LogP contribution in [-0.2, 0) is 22.6 Å². The second kappa shape index (κ2) is 9.93. The number of rotatable bonds is 7. The minimum absolute atomic E-state index is 0.0798. The summed E-state index contributed by atoms with van der Waals surface area (Å²) in [5, 5.41) is 3.65. The third kappa shape index (κ3) is 7.21. The first-order valence-electron chi connectivity index (χ1n) is 10.0. The van der Waals surface area contributed by atoms with Gasteiger partial charge in [-0.05, 0) is 57.4 Å². The molecular formula is C24H31ClN2O2. The van der Waals surface area contributed by atoms with Gasteiger partial charge in [-0.1, -0.05) is 60.5 Å². The van der Waals surface area contributed by atoms with Gasteiger partial charge in [-0.15, -0.1) is 0 Å². The molecule has 0 aromatic heterocycles. The van der Waals surface area contributed by atoms with E-state index in [2.05, 4.69) is 5.32 Å². The van der Waals surface area contributed by atoms with E-state index in [0.29, 0.717) is 18.0 Å². The monoisotopic (exact) mass is 414 g/mol. The topological polar surface area (TPSA) is 49.4 Å². The van der Waals surface area contributed by atoms with Crippen LogP contribution in [0.2, 0.25) is 5.02 Å². The molecule has 0 aliphatic heterocycles. The molecule has 0 heterocycles. The minimum Gasteiger partial charge on any atom is -0.350 e. The van der Waals surface area contributed by atoms with Gasteiger partial charge in [0.05, 0.1) is 6.42 Å². The van der Waals surface area contributed by atoms with Crippen LogP contribution in [0.15, 0.2) is 48.5 Å². The van der Waals surface area contributed by atoms with E-state index >= 15 is 0 Å². The van der Waals surface area contributed by atoms with Gasteiger partial charge in [0, 0.05) is 17.1 Å². The molecule has 0 aliphatic carbocycles. The molecule has 0 aliphatic rings. The van der Waals surface area contributed by atoms with Gasteiger partial charge in [-0.3, -0.25) is 9.59 Å². The number of hydrogen-bond donors (Lipinski definition) is 1. The first-order valence-corrected chi connectivity index (χ1v) is 10.4. The molecule has 0 radical (unpaired) electrons. The van der Waals surface area contributed by atoms with Crippen molar-refractivity contribution in [2.24, 2.45) is 0 Å². The number of amides is 2. The Balaban J connectivity index is 2.29. The predicted molar refractivity (Wildman–Crippen MR) is 119 cm³/mol. The summed E-state index contributed by atoms with van der Waals surface area (Å²) >= 11 is 5.96. The van der Waals surface area contributed by atoms with Crippen LogP contribution < -0.4 is 5.32 Å². The summed E-state index contributed by atoms with van der Waals surface area (Å²) < 4.78 is 0. The zero-order valence-electron chi connectivity index (χ0n) is 18.0. The van der Waals surface area contributed by atoms with Crippen molar-refractivity contribution in [2.75, 3.05) is 0 Å². The summed E-state index contributed by atoms with van der Waals surface area (Å²) in [5.41, 5.74) is 2.67. The molecule has 5 heteroatoms. The second-order valence-electron chi connectivity index (χ2n) is 8.47. The number of carbonyl (C=O) groups excluding carboxylic acids is 2. The highest BCUT2D eigenvalue weighted by Gasteiger charge is 2.30. The molecule has 0 fully saturated rings. The normalized spacial score (nSPS) is 12.3. The van der Waals surface area contributed by atoms with Gasteiger partial charge in [-0.2, -0.15) is 0 Å². The van der Waals surface area contributed by atoms with Crippen molar-refractivity contribution in [3.63, 3.8) is 0 Å². The largest absolute Gasteiger partial charge is 0.350 e. The summed E-state index contributed by atoms with van der Waals surface area (Å²) in [6.45, 7) is 10.2. The minimum atomic E-state index is -0.532. The van der Waals surface area contributed by atoms with Crippen molar-refractivity contribution in [1.82, 2.24) is 10.2 Å². The molecule has 0 saturated carbocycles. The van der Waals surface area contributed by atoms with Gasteiger partial charge in [0.2, 0.25) is 11.8 Å². The third-order valence-electron chi connectivity index (χ3n) is 4.63. The number of nitrogens with one attached hydrogen (secondary N) is 1. The lowest BCUT2D eigenvalue weighted by Gasteiger charge is -2.33. The number of hydrogen-bond acceptors (Lipinski definition) is 2. The van der Waals surface area contributed by atoms with Gasteiger partial charge >= 0.3 is 0 Å². The lowest BCUT2D eigenvalue weighted by Crippen LogP contribution is -2.53. The van der Waals surface area contributed by atoms with E-state index < -0.39 is 6.04 Å². The van der Waals surface area contributed by atoms with Crippen LogP contribution in [0.1, 0.15) is 50.8 Å². The Morgan fingerprint density at radius 2 is 1.55 bits per heavy atom. The fraction of sp³-hybridized carbons (Fsp3) is 0.417. The van der Waals surface area contributed by atoms with Gasteiger partial charge < -0.3 is 10.2 Å². The van der Waals surface area contributed by atoms with Crippen molar-refractivity contribution in [2.45, 2.75) is 65.6 Å². The zero-order valence-corrected chi connectivity index (χ0v) is 18.7. The Labute approximate surface area is 179 Å². The number of nitrogens with zero attached hydrogens (tertiary/aromatic N) is 1. The Morgan fingerprint density at radius 1 is 1.00 bits per heavy atom. The van der Waals surface area contributed by atoms with Crippen molar-refractivity contribution < 1.29 is 9.59 Å². The smallest absolute Gasteiger partial charge is 0.243 e. The quantitative estimate of drug-likeness (QED) is 0.699. The summed E-state index contributed by atoms with van der Waals surface area (Å²) in [6, 6.07) is 14.8. The Morgan fingerprint density at radius 3 is 2.07 bits per heavy atom. The maximum absolute atomic E-state index is 13.3. The molecular weight excluding hydrogens is 384 g/mol. The first kappa shape index (κ1) is 23.0. The Kier molecular flexibility index (Phi) is 7.86. The van der Waals surface area contributed by atoms with Crippen LogP contribution in [0.3, 0.4) is 0 Å². The van der Waals surface area contributed by atoms with E-state index in [1.165, 1.54) is 0 Å². The summed E-state index contributed by atoms with van der Waals surface area (Å²) in [7, 11) is 0. The molecule has 29 heavy (non-hydrogen) atoms. The molecule has 1 atom stereocenters. The Bertz CT molecular complexity index is 823. The van der Waals surface area contributed by atoms with Crippen molar-refractivity contribution >= 4 is 23.4 Å². The van der Waals surface area contributed by atoms with Crippen LogP contribution in [0.5, 0.6) is 0 Å². The highest BCUT2D eigenvalue weighted by atomic mass is 35.5. The van der Waals surface area contributed by atoms with Crippen LogP contribution >= 0.6 is 11.6 Å². The van der Waals surface area contributed by atoms with Crippen molar-refractivity contribution in [3.8, 4) is 0 Å². The first-order chi connectivity index (χ1) is 13.6. The molecule has 0 saturated heterocycles. The predicted octanol–water partition coefficient (Wildman–Crippen LogP) is 4.91.